The van der Waals surface area contributed by atoms with E-state index in [0.717, 1.165) is 45.3 Å². The first-order chi connectivity index (χ1) is 14.7. The van der Waals surface area contributed by atoms with Crippen molar-refractivity contribution in [3.05, 3.63) is 35.2 Å². The molecule has 0 spiro atoms. The van der Waals surface area contributed by atoms with E-state index in [2.05, 4.69) is 35.2 Å². The van der Waals surface area contributed by atoms with Crippen LogP contribution in [0.4, 0.5) is 4.79 Å². The number of thiophene rings is 1. The molecule has 31 heavy (non-hydrogen) atoms. The lowest BCUT2D eigenvalue weighted by Gasteiger charge is -2.43. The van der Waals surface area contributed by atoms with Crippen molar-refractivity contribution in [2.75, 3.05) is 32.7 Å². The third-order valence-electron chi connectivity index (χ3n) is 6.62. The van der Waals surface area contributed by atoms with Crippen LogP contribution in [0, 0.1) is 0 Å². The number of aliphatic hydroxyl groups is 1. The quantitative estimate of drug-likeness (QED) is 0.701. The fourth-order valence-corrected chi connectivity index (χ4v) is 6.18. The van der Waals surface area contributed by atoms with Crippen LogP contribution < -0.4 is 0 Å². The minimum absolute atomic E-state index is 0.110. The van der Waals surface area contributed by atoms with Crippen LogP contribution in [0.25, 0.3) is 10.1 Å². The van der Waals surface area contributed by atoms with Crippen LogP contribution in [0.1, 0.15) is 63.7 Å². The Hall–Kier alpha value is -1.63. The molecule has 2 heterocycles. The molecule has 1 aliphatic heterocycles. The monoisotopic (exact) mass is 444 g/mol. The first kappa shape index (κ1) is 22.6. The Morgan fingerprint density at radius 2 is 1.81 bits per heavy atom. The molecule has 0 bridgehead atoms. The van der Waals surface area contributed by atoms with Gasteiger partial charge in [0.2, 0.25) is 0 Å². The fourth-order valence-electron chi connectivity index (χ4n) is 4.91. The van der Waals surface area contributed by atoms with Gasteiger partial charge in [-0.25, -0.2) is 4.79 Å². The van der Waals surface area contributed by atoms with Gasteiger partial charge in [0.05, 0.1) is 5.60 Å². The lowest BCUT2D eigenvalue weighted by Crippen LogP contribution is -2.52. The Morgan fingerprint density at radius 3 is 2.45 bits per heavy atom. The zero-order valence-corrected chi connectivity index (χ0v) is 19.9. The average Bonchev–Trinajstić information content (AvgIpc) is 3.15. The van der Waals surface area contributed by atoms with Crippen molar-refractivity contribution >= 4 is 27.5 Å². The van der Waals surface area contributed by atoms with Gasteiger partial charge in [0, 0.05) is 48.2 Å². The van der Waals surface area contributed by atoms with E-state index in [1.54, 1.807) is 0 Å². The van der Waals surface area contributed by atoms with Gasteiger partial charge >= 0.3 is 6.09 Å². The summed E-state index contributed by atoms with van der Waals surface area (Å²) in [6, 6.07) is 10.8. The predicted octanol–water partition coefficient (Wildman–Crippen LogP) is 5.23. The molecule has 2 aromatic rings. The average molecular weight is 445 g/mol. The Kier molecular flexibility index (Phi) is 6.61. The molecule has 1 amide bonds. The van der Waals surface area contributed by atoms with Crippen LogP contribution in [0.2, 0.25) is 0 Å². The maximum atomic E-state index is 12.4. The summed E-state index contributed by atoms with van der Waals surface area (Å²) in [6.45, 7) is 9.53. The molecular formula is C25H36N2O3S. The predicted molar refractivity (Wildman–Crippen MR) is 127 cm³/mol. The van der Waals surface area contributed by atoms with Crippen molar-refractivity contribution in [2.45, 2.75) is 70.0 Å². The van der Waals surface area contributed by atoms with E-state index in [-0.39, 0.29) is 12.0 Å². The topological polar surface area (TPSA) is 53.0 Å². The van der Waals surface area contributed by atoms with Crippen LogP contribution in [0.3, 0.4) is 0 Å². The van der Waals surface area contributed by atoms with E-state index >= 15 is 0 Å². The maximum absolute atomic E-state index is 12.4. The van der Waals surface area contributed by atoms with Gasteiger partial charge in [-0.15, -0.1) is 11.3 Å². The second-order valence-electron chi connectivity index (χ2n) is 10.2. The number of rotatable bonds is 4. The molecule has 1 atom stereocenters. The van der Waals surface area contributed by atoms with Crippen molar-refractivity contribution in [2.24, 2.45) is 0 Å². The summed E-state index contributed by atoms with van der Waals surface area (Å²) in [6.07, 6.45) is 4.96. The van der Waals surface area contributed by atoms with Crippen LogP contribution in [0.5, 0.6) is 0 Å². The molecule has 1 aromatic carbocycles. The summed E-state index contributed by atoms with van der Waals surface area (Å²) in [5.74, 6) is 0.110. The second kappa shape index (κ2) is 9.08. The summed E-state index contributed by atoms with van der Waals surface area (Å²) >= 11 is 1.83. The van der Waals surface area contributed by atoms with Crippen molar-refractivity contribution in [3.8, 4) is 0 Å². The Bertz CT molecular complexity index is 857. The molecule has 1 saturated carbocycles. The van der Waals surface area contributed by atoms with Crippen LogP contribution in [-0.4, -0.2) is 64.9 Å². The summed E-state index contributed by atoms with van der Waals surface area (Å²) in [4.78, 5) is 17.9. The molecular weight excluding hydrogens is 408 g/mol. The molecule has 4 rings (SSSR count). The van der Waals surface area contributed by atoms with Gasteiger partial charge in [0.15, 0.2) is 0 Å². The molecule has 0 radical (unpaired) electrons. The van der Waals surface area contributed by atoms with E-state index in [1.807, 2.05) is 37.0 Å². The van der Waals surface area contributed by atoms with Gasteiger partial charge in [-0.05, 0) is 51.1 Å². The van der Waals surface area contributed by atoms with E-state index < -0.39 is 11.2 Å². The van der Waals surface area contributed by atoms with Crippen molar-refractivity contribution < 1.29 is 14.6 Å². The minimum atomic E-state index is -0.637. The molecule has 1 saturated heterocycles. The number of benzene rings is 1. The zero-order chi connectivity index (χ0) is 22.1. The summed E-state index contributed by atoms with van der Waals surface area (Å²) in [5, 5.41) is 13.0. The second-order valence-corrected chi connectivity index (χ2v) is 11.3. The third kappa shape index (κ3) is 5.41. The molecule has 1 N–H and O–H groups in total. The number of hydrogen-bond donors (Lipinski definition) is 1. The standard InChI is InChI=1S/C25H36N2O3S/c1-24(2,3)30-23(28)27-15-13-26(14-16-27)18-20(25(29)11-7-4-8-12-25)22-17-19-9-5-6-10-21(19)31-22/h5-6,9-10,17,20,29H,4,7-8,11-16,18H2,1-3H3. The molecule has 170 valence electrons. The van der Waals surface area contributed by atoms with Crippen LogP contribution >= 0.6 is 11.3 Å². The maximum Gasteiger partial charge on any atom is 0.410 e. The first-order valence-electron chi connectivity index (χ1n) is 11.6. The first-order valence-corrected chi connectivity index (χ1v) is 12.5. The molecule has 5 nitrogen and oxygen atoms in total. The number of hydrogen-bond acceptors (Lipinski definition) is 5. The molecule has 2 fully saturated rings. The minimum Gasteiger partial charge on any atom is -0.444 e. The van der Waals surface area contributed by atoms with Crippen LogP contribution in [0.15, 0.2) is 30.3 Å². The molecule has 1 unspecified atom stereocenters. The Labute approximate surface area is 190 Å². The fraction of sp³-hybridized carbons (Fsp3) is 0.640. The Balaban J connectivity index is 1.48. The van der Waals surface area contributed by atoms with Crippen molar-refractivity contribution in [1.82, 2.24) is 9.80 Å². The SMILES string of the molecule is CC(C)(C)OC(=O)N1CCN(CC(c2cc3ccccc3s2)C2(O)CCCCC2)CC1. The molecule has 1 aliphatic carbocycles. The highest BCUT2D eigenvalue weighted by atomic mass is 32.1. The number of piperazine rings is 1. The summed E-state index contributed by atoms with van der Waals surface area (Å²) < 4.78 is 6.83. The van der Waals surface area contributed by atoms with E-state index in [4.69, 9.17) is 4.74 Å². The van der Waals surface area contributed by atoms with E-state index in [0.29, 0.717) is 13.1 Å². The normalized spacial score (nSPS) is 21.2. The van der Waals surface area contributed by atoms with Crippen molar-refractivity contribution in [1.29, 1.82) is 0 Å². The van der Waals surface area contributed by atoms with Gasteiger partial charge in [0.1, 0.15) is 5.60 Å². The van der Waals surface area contributed by atoms with Gasteiger partial charge in [-0.3, -0.25) is 4.90 Å². The molecule has 1 aromatic heterocycles. The van der Waals surface area contributed by atoms with Crippen molar-refractivity contribution in [3.63, 3.8) is 0 Å². The van der Waals surface area contributed by atoms with Crippen LogP contribution in [-0.2, 0) is 4.74 Å². The smallest absolute Gasteiger partial charge is 0.410 e. The number of fused-ring (bicyclic) bond motifs is 1. The lowest BCUT2D eigenvalue weighted by molar-refractivity contribution is -0.0347. The summed E-state index contributed by atoms with van der Waals surface area (Å²) in [7, 11) is 0. The Morgan fingerprint density at radius 1 is 1.13 bits per heavy atom. The number of carbonyl (C=O) groups excluding carboxylic acids is 1. The van der Waals surface area contributed by atoms with E-state index in [1.165, 1.54) is 21.4 Å². The lowest BCUT2D eigenvalue weighted by atomic mass is 9.74. The van der Waals surface area contributed by atoms with E-state index in [9.17, 15) is 9.90 Å². The highest BCUT2D eigenvalue weighted by molar-refractivity contribution is 7.19. The molecule has 6 heteroatoms. The number of ether oxygens (including phenoxy) is 1. The van der Waals surface area contributed by atoms with Gasteiger partial charge in [-0.1, -0.05) is 37.5 Å². The number of nitrogens with zero attached hydrogens (tertiary/aromatic N) is 2. The number of carbonyl (C=O) groups is 1. The van der Waals surface area contributed by atoms with Gasteiger partial charge in [-0.2, -0.15) is 0 Å². The highest BCUT2D eigenvalue weighted by Gasteiger charge is 2.41. The highest BCUT2D eigenvalue weighted by Crippen LogP contribution is 2.44. The molecule has 2 aliphatic rings. The largest absolute Gasteiger partial charge is 0.444 e. The van der Waals surface area contributed by atoms with Gasteiger partial charge in [0.25, 0.3) is 0 Å². The third-order valence-corrected chi connectivity index (χ3v) is 7.85. The van der Waals surface area contributed by atoms with Gasteiger partial charge < -0.3 is 14.7 Å². The zero-order valence-electron chi connectivity index (χ0n) is 19.1. The summed E-state index contributed by atoms with van der Waals surface area (Å²) in [5.41, 5.74) is -1.10. The number of amides is 1.